The predicted octanol–water partition coefficient (Wildman–Crippen LogP) is 0.662. The van der Waals surface area contributed by atoms with E-state index in [1.807, 2.05) is 16.7 Å². The van der Waals surface area contributed by atoms with Gasteiger partial charge in [-0.1, -0.05) is 0 Å². The molecule has 2 N–H and O–H groups in total. The zero-order chi connectivity index (χ0) is 12.1. The Morgan fingerprint density at radius 3 is 2.82 bits per heavy atom. The first-order valence-electron chi connectivity index (χ1n) is 5.43. The Morgan fingerprint density at radius 2 is 2.12 bits per heavy atom. The Labute approximate surface area is 99.3 Å². The van der Waals surface area contributed by atoms with Crippen LogP contribution in [0.25, 0.3) is 0 Å². The van der Waals surface area contributed by atoms with E-state index in [9.17, 15) is 4.79 Å². The fourth-order valence-electron chi connectivity index (χ4n) is 1.55. The van der Waals surface area contributed by atoms with E-state index in [0.717, 1.165) is 5.56 Å². The molecule has 0 fully saturated rings. The van der Waals surface area contributed by atoms with Crippen molar-refractivity contribution in [3.05, 3.63) is 48.3 Å². The summed E-state index contributed by atoms with van der Waals surface area (Å²) in [6.07, 6.45) is 7.07. The summed E-state index contributed by atoms with van der Waals surface area (Å²) in [5.41, 5.74) is 6.85. The van der Waals surface area contributed by atoms with Crippen molar-refractivity contribution in [3.8, 4) is 0 Å². The van der Waals surface area contributed by atoms with Crippen molar-refractivity contribution in [2.24, 2.45) is 5.73 Å². The van der Waals surface area contributed by atoms with Gasteiger partial charge in [0, 0.05) is 38.1 Å². The van der Waals surface area contributed by atoms with Crippen molar-refractivity contribution < 1.29 is 4.79 Å². The summed E-state index contributed by atoms with van der Waals surface area (Å²) in [5, 5.41) is 0. The molecule has 0 radical (unpaired) electrons. The highest BCUT2D eigenvalue weighted by atomic mass is 16.1. The van der Waals surface area contributed by atoms with E-state index in [2.05, 4.69) is 9.97 Å². The zero-order valence-corrected chi connectivity index (χ0v) is 9.41. The number of ketones is 1. The van der Waals surface area contributed by atoms with E-state index in [4.69, 9.17) is 5.73 Å². The average Bonchev–Trinajstić information content (AvgIpc) is 2.79. The fraction of sp³-hybridized carbons (Fsp3) is 0.250. The van der Waals surface area contributed by atoms with Gasteiger partial charge in [-0.05, 0) is 17.7 Å². The maximum atomic E-state index is 11.9. The Bertz CT molecular complexity index is 492. The second kappa shape index (κ2) is 5.36. The lowest BCUT2D eigenvalue weighted by Gasteiger charge is -1.98. The van der Waals surface area contributed by atoms with Gasteiger partial charge in [0.15, 0.2) is 5.78 Å². The number of imidazole rings is 1. The molecule has 0 aliphatic heterocycles. The summed E-state index contributed by atoms with van der Waals surface area (Å²) in [6.45, 7) is 1.21. The molecule has 0 bridgehead atoms. The number of nitrogens with two attached hydrogens (primary N) is 1. The van der Waals surface area contributed by atoms with Crippen LogP contribution in [0.5, 0.6) is 0 Å². The molecule has 0 saturated carbocycles. The van der Waals surface area contributed by atoms with Gasteiger partial charge in [0.2, 0.25) is 0 Å². The van der Waals surface area contributed by atoms with Crippen LogP contribution in [0.4, 0.5) is 0 Å². The standard InChI is InChI=1S/C12H14N4O/c13-3-6-16-8-11(15-9-16)12(17)7-10-1-4-14-5-2-10/h1-2,4-5,8-9H,3,6-7,13H2. The maximum absolute atomic E-state index is 11.9. The number of aromatic nitrogens is 3. The first kappa shape index (κ1) is 11.5. The van der Waals surface area contributed by atoms with Crippen LogP contribution < -0.4 is 5.73 Å². The minimum absolute atomic E-state index is 0.00646. The van der Waals surface area contributed by atoms with Crippen molar-refractivity contribution in [3.63, 3.8) is 0 Å². The van der Waals surface area contributed by atoms with Gasteiger partial charge in [0.25, 0.3) is 0 Å². The number of carbonyl (C=O) groups excluding carboxylic acids is 1. The quantitative estimate of drug-likeness (QED) is 0.766. The molecule has 17 heavy (non-hydrogen) atoms. The van der Waals surface area contributed by atoms with Crippen molar-refractivity contribution in [2.45, 2.75) is 13.0 Å². The summed E-state index contributed by atoms with van der Waals surface area (Å²) in [5.74, 6) is 0.00646. The largest absolute Gasteiger partial charge is 0.335 e. The smallest absolute Gasteiger partial charge is 0.187 e. The lowest BCUT2D eigenvalue weighted by atomic mass is 10.1. The third-order valence-electron chi connectivity index (χ3n) is 2.42. The number of nitrogens with zero attached hydrogens (tertiary/aromatic N) is 3. The minimum atomic E-state index is 0.00646. The van der Waals surface area contributed by atoms with E-state index in [1.165, 1.54) is 0 Å². The molecule has 0 atom stereocenters. The lowest BCUT2D eigenvalue weighted by molar-refractivity contribution is 0.0988. The van der Waals surface area contributed by atoms with Crippen molar-refractivity contribution in [1.29, 1.82) is 0 Å². The molecule has 0 amide bonds. The minimum Gasteiger partial charge on any atom is -0.335 e. The highest BCUT2D eigenvalue weighted by molar-refractivity contribution is 5.95. The second-order valence-corrected chi connectivity index (χ2v) is 3.74. The molecule has 0 aromatic carbocycles. The van der Waals surface area contributed by atoms with Crippen LogP contribution in [-0.4, -0.2) is 26.9 Å². The third kappa shape index (κ3) is 2.98. The molecule has 2 heterocycles. The van der Waals surface area contributed by atoms with Crippen LogP contribution >= 0.6 is 0 Å². The van der Waals surface area contributed by atoms with Gasteiger partial charge in [-0.15, -0.1) is 0 Å². The maximum Gasteiger partial charge on any atom is 0.187 e. The van der Waals surface area contributed by atoms with Crippen LogP contribution in [-0.2, 0) is 13.0 Å². The Kier molecular flexibility index (Phi) is 3.62. The molecule has 2 aromatic rings. The van der Waals surface area contributed by atoms with Crippen molar-refractivity contribution in [1.82, 2.24) is 14.5 Å². The normalized spacial score (nSPS) is 10.4. The molecule has 0 aliphatic rings. The van der Waals surface area contributed by atoms with E-state index < -0.39 is 0 Å². The number of hydrogen-bond acceptors (Lipinski definition) is 4. The van der Waals surface area contributed by atoms with Gasteiger partial charge in [0.05, 0.1) is 6.33 Å². The number of carbonyl (C=O) groups is 1. The fourth-order valence-corrected chi connectivity index (χ4v) is 1.55. The summed E-state index contributed by atoms with van der Waals surface area (Å²) in [7, 11) is 0. The van der Waals surface area contributed by atoms with Gasteiger partial charge in [-0.2, -0.15) is 0 Å². The number of pyridine rings is 1. The predicted molar refractivity (Wildman–Crippen MR) is 63.6 cm³/mol. The highest BCUT2D eigenvalue weighted by Crippen LogP contribution is 2.04. The molecule has 2 rings (SSSR count). The molecule has 0 saturated heterocycles. The van der Waals surface area contributed by atoms with Crippen LogP contribution in [0.2, 0.25) is 0 Å². The molecule has 0 aliphatic carbocycles. The number of rotatable bonds is 5. The van der Waals surface area contributed by atoms with E-state index in [0.29, 0.717) is 25.2 Å². The molecule has 5 heteroatoms. The summed E-state index contributed by atoms with van der Waals surface area (Å²) in [6, 6.07) is 3.66. The first-order chi connectivity index (χ1) is 8.29. The Hall–Kier alpha value is -2.01. The molecule has 0 unspecified atom stereocenters. The topological polar surface area (TPSA) is 73.8 Å². The van der Waals surface area contributed by atoms with Gasteiger partial charge in [-0.25, -0.2) is 4.98 Å². The zero-order valence-electron chi connectivity index (χ0n) is 9.41. The molecular weight excluding hydrogens is 216 g/mol. The SMILES string of the molecule is NCCn1cnc(C(=O)Cc2ccncc2)c1. The molecule has 2 aromatic heterocycles. The van der Waals surface area contributed by atoms with Crippen LogP contribution in [0.15, 0.2) is 37.1 Å². The molecule has 88 valence electrons. The van der Waals surface area contributed by atoms with Crippen LogP contribution in [0.3, 0.4) is 0 Å². The van der Waals surface area contributed by atoms with E-state index in [1.54, 1.807) is 24.9 Å². The van der Waals surface area contributed by atoms with Crippen LogP contribution in [0.1, 0.15) is 16.1 Å². The monoisotopic (exact) mass is 230 g/mol. The molecule has 5 nitrogen and oxygen atoms in total. The van der Waals surface area contributed by atoms with Gasteiger partial charge in [-0.3, -0.25) is 9.78 Å². The van der Waals surface area contributed by atoms with Crippen LogP contribution in [0, 0.1) is 0 Å². The Balaban J connectivity index is 2.04. The van der Waals surface area contributed by atoms with Crippen molar-refractivity contribution >= 4 is 5.78 Å². The molecular formula is C12H14N4O. The summed E-state index contributed by atoms with van der Waals surface area (Å²) < 4.78 is 1.82. The lowest BCUT2D eigenvalue weighted by Crippen LogP contribution is -2.08. The molecule has 0 spiro atoms. The Morgan fingerprint density at radius 1 is 1.35 bits per heavy atom. The number of hydrogen-bond donors (Lipinski definition) is 1. The van der Waals surface area contributed by atoms with E-state index in [-0.39, 0.29) is 5.78 Å². The second-order valence-electron chi connectivity index (χ2n) is 3.74. The third-order valence-corrected chi connectivity index (χ3v) is 2.42. The van der Waals surface area contributed by atoms with Gasteiger partial charge in [0.1, 0.15) is 5.69 Å². The van der Waals surface area contributed by atoms with Gasteiger partial charge < -0.3 is 10.3 Å². The van der Waals surface area contributed by atoms with E-state index >= 15 is 0 Å². The summed E-state index contributed by atoms with van der Waals surface area (Å²) >= 11 is 0. The average molecular weight is 230 g/mol. The van der Waals surface area contributed by atoms with Gasteiger partial charge >= 0.3 is 0 Å². The summed E-state index contributed by atoms with van der Waals surface area (Å²) in [4.78, 5) is 19.9. The first-order valence-corrected chi connectivity index (χ1v) is 5.43. The highest BCUT2D eigenvalue weighted by Gasteiger charge is 2.09. The van der Waals surface area contributed by atoms with Crippen molar-refractivity contribution in [2.75, 3.05) is 6.54 Å². The number of Topliss-reactive ketones (excluding diaryl/α,β-unsaturated/α-hetero) is 1.